The first-order valence-electron chi connectivity index (χ1n) is 9.76. The van der Waals surface area contributed by atoms with Crippen molar-refractivity contribution in [2.45, 2.75) is 64.8 Å². The van der Waals surface area contributed by atoms with E-state index in [0.717, 1.165) is 24.1 Å². The third-order valence-corrected chi connectivity index (χ3v) is 5.98. The Kier molecular flexibility index (Phi) is 5.42. The number of hydrogen-bond acceptors (Lipinski definition) is 3. The van der Waals surface area contributed by atoms with Crippen LogP contribution in [0.3, 0.4) is 0 Å². The fourth-order valence-corrected chi connectivity index (χ4v) is 4.29. The van der Waals surface area contributed by atoms with Crippen LogP contribution in [-0.2, 0) is 16.6 Å². The Morgan fingerprint density at radius 1 is 1.32 bits per heavy atom. The maximum Gasteiger partial charge on any atom is 0.266 e. The molecule has 0 radical (unpaired) electrons. The number of hydrogen-bond donors (Lipinski definition) is 2. The van der Waals surface area contributed by atoms with E-state index in [1.165, 1.54) is 11.1 Å². The predicted molar refractivity (Wildman–Crippen MR) is 109 cm³/mol. The van der Waals surface area contributed by atoms with E-state index in [2.05, 4.69) is 42.3 Å². The Balaban J connectivity index is 1.73. The summed E-state index contributed by atoms with van der Waals surface area (Å²) in [7, 11) is 0. The second kappa shape index (κ2) is 7.63. The largest absolute Gasteiger partial charge is 0.349 e. The van der Waals surface area contributed by atoms with E-state index in [1.807, 2.05) is 19.1 Å². The van der Waals surface area contributed by atoms with E-state index in [9.17, 15) is 14.9 Å². The van der Waals surface area contributed by atoms with Crippen molar-refractivity contribution in [1.82, 2.24) is 10.3 Å². The molecule has 0 aliphatic heterocycles. The van der Waals surface area contributed by atoms with Crippen LogP contribution in [0.15, 0.2) is 29.1 Å². The molecule has 0 saturated heterocycles. The first kappa shape index (κ1) is 19.9. The Morgan fingerprint density at radius 3 is 2.75 bits per heavy atom. The van der Waals surface area contributed by atoms with Gasteiger partial charge in [0.1, 0.15) is 11.6 Å². The number of nitrogens with one attached hydrogen (secondary N) is 2. The summed E-state index contributed by atoms with van der Waals surface area (Å²) < 4.78 is 0. The maximum atomic E-state index is 12.7. The Morgan fingerprint density at radius 2 is 2.04 bits per heavy atom. The third-order valence-electron chi connectivity index (χ3n) is 5.98. The number of fused-ring (bicyclic) bond motifs is 1. The monoisotopic (exact) mass is 377 g/mol. The normalized spacial score (nSPS) is 17.5. The first-order valence-corrected chi connectivity index (χ1v) is 9.76. The van der Waals surface area contributed by atoms with Gasteiger partial charge in [-0.15, -0.1) is 0 Å². The minimum absolute atomic E-state index is 0.0111. The topological polar surface area (TPSA) is 85.8 Å². The molecule has 2 aromatic rings. The zero-order chi connectivity index (χ0) is 20.5. The van der Waals surface area contributed by atoms with Crippen molar-refractivity contribution in [3.8, 4) is 6.07 Å². The number of aromatic amines is 1. The maximum absolute atomic E-state index is 12.7. The molecule has 1 aromatic carbocycles. The number of nitrogens with zero attached hydrogens (tertiary/aromatic N) is 1. The Hall–Kier alpha value is -2.87. The van der Waals surface area contributed by atoms with Crippen LogP contribution in [0.25, 0.3) is 0 Å². The van der Waals surface area contributed by atoms with Crippen molar-refractivity contribution in [1.29, 1.82) is 5.26 Å². The Bertz CT molecular complexity index is 1010. The van der Waals surface area contributed by atoms with Gasteiger partial charge in [0.05, 0.1) is 6.04 Å². The zero-order valence-electron chi connectivity index (χ0n) is 17.0. The minimum atomic E-state index is -0.368. The van der Waals surface area contributed by atoms with Gasteiger partial charge in [0.25, 0.3) is 5.56 Å². The molecule has 1 unspecified atom stereocenters. The molecule has 28 heavy (non-hydrogen) atoms. The fourth-order valence-electron chi connectivity index (χ4n) is 4.29. The van der Waals surface area contributed by atoms with E-state index < -0.39 is 0 Å². The van der Waals surface area contributed by atoms with Gasteiger partial charge in [-0.05, 0) is 60.8 Å². The van der Waals surface area contributed by atoms with Crippen molar-refractivity contribution < 1.29 is 4.79 Å². The molecular formula is C23H27N3O2. The minimum Gasteiger partial charge on any atom is -0.349 e. The van der Waals surface area contributed by atoms with Gasteiger partial charge >= 0.3 is 0 Å². The highest BCUT2D eigenvalue weighted by atomic mass is 16.1. The van der Waals surface area contributed by atoms with Crippen LogP contribution in [0.1, 0.15) is 72.7 Å². The van der Waals surface area contributed by atoms with Crippen LogP contribution in [-0.4, -0.2) is 10.9 Å². The lowest BCUT2D eigenvalue weighted by molar-refractivity contribution is -0.122. The summed E-state index contributed by atoms with van der Waals surface area (Å²) in [6.07, 6.45) is 2.76. The highest BCUT2D eigenvalue weighted by molar-refractivity contribution is 5.77. The van der Waals surface area contributed by atoms with Crippen molar-refractivity contribution in [3.05, 3.63) is 68.1 Å². The molecule has 1 atom stereocenters. The number of carbonyl (C=O) groups excluding carboxylic acids is 1. The van der Waals surface area contributed by atoms with E-state index in [-0.39, 0.29) is 28.5 Å². The van der Waals surface area contributed by atoms with Crippen LogP contribution in [0, 0.1) is 25.2 Å². The van der Waals surface area contributed by atoms with Crippen LogP contribution in [0.4, 0.5) is 0 Å². The van der Waals surface area contributed by atoms with Crippen molar-refractivity contribution >= 4 is 5.91 Å². The molecule has 146 valence electrons. The molecule has 0 spiro atoms. The predicted octanol–water partition coefficient (Wildman–Crippen LogP) is 3.72. The molecule has 1 aromatic heterocycles. The number of carbonyl (C=O) groups is 1. The number of aryl methyl sites for hydroxylation is 1. The lowest BCUT2D eigenvalue weighted by Crippen LogP contribution is -2.35. The number of rotatable bonds is 4. The van der Waals surface area contributed by atoms with Crippen LogP contribution < -0.4 is 10.9 Å². The number of H-pyrrole nitrogens is 1. The highest BCUT2D eigenvalue weighted by Gasteiger charge is 2.32. The molecular weight excluding hydrogens is 350 g/mol. The van der Waals surface area contributed by atoms with E-state index in [0.29, 0.717) is 18.4 Å². The summed E-state index contributed by atoms with van der Waals surface area (Å²) in [6, 6.07) is 10.3. The molecule has 0 bridgehead atoms. The van der Waals surface area contributed by atoms with Gasteiger partial charge < -0.3 is 10.3 Å². The molecule has 1 aliphatic rings. The van der Waals surface area contributed by atoms with Gasteiger partial charge in [0.2, 0.25) is 5.91 Å². The molecule has 0 fully saturated rings. The fraction of sp³-hybridized carbons (Fsp3) is 0.435. The lowest BCUT2D eigenvalue weighted by atomic mass is 9.71. The summed E-state index contributed by atoms with van der Waals surface area (Å²) in [4.78, 5) is 27.2. The first-order chi connectivity index (χ1) is 13.2. The van der Waals surface area contributed by atoms with Gasteiger partial charge in [0.15, 0.2) is 0 Å². The highest BCUT2D eigenvalue weighted by Crippen LogP contribution is 2.41. The van der Waals surface area contributed by atoms with E-state index in [1.54, 1.807) is 6.92 Å². The summed E-state index contributed by atoms with van der Waals surface area (Å²) in [5.74, 6) is -0.0111. The summed E-state index contributed by atoms with van der Waals surface area (Å²) in [6.45, 7) is 8.08. The van der Waals surface area contributed by atoms with Crippen LogP contribution in [0.5, 0.6) is 0 Å². The van der Waals surface area contributed by atoms with E-state index >= 15 is 0 Å². The smallest absolute Gasteiger partial charge is 0.266 e. The van der Waals surface area contributed by atoms with Crippen molar-refractivity contribution in [2.75, 3.05) is 0 Å². The standard InChI is InChI=1S/C23H27N3O2/c1-14-16(15(2)25-22(28)18(14)13-24)9-10-21(27)26-20-11-12-23(3,4)19-8-6-5-7-17(19)20/h5-8,20H,9-12H2,1-4H3,(H,25,28)(H,26,27). The molecule has 3 rings (SSSR count). The summed E-state index contributed by atoms with van der Waals surface area (Å²) >= 11 is 0. The Labute approximate surface area is 165 Å². The van der Waals surface area contributed by atoms with Crippen LogP contribution >= 0.6 is 0 Å². The number of pyridine rings is 1. The summed E-state index contributed by atoms with van der Waals surface area (Å²) in [5.41, 5.74) is 4.65. The van der Waals surface area contributed by atoms with Gasteiger partial charge in [0, 0.05) is 12.1 Å². The van der Waals surface area contributed by atoms with Gasteiger partial charge in [-0.1, -0.05) is 38.1 Å². The SMILES string of the molecule is Cc1[nH]c(=O)c(C#N)c(C)c1CCC(=O)NC1CCC(C)(C)c2ccccc21. The average Bonchev–Trinajstić information content (AvgIpc) is 2.64. The third kappa shape index (κ3) is 3.73. The molecule has 1 amide bonds. The number of benzene rings is 1. The van der Waals surface area contributed by atoms with Crippen LogP contribution in [0.2, 0.25) is 0 Å². The number of nitriles is 1. The van der Waals surface area contributed by atoms with E-state index in [4.69, 9.17) is 0 Å². The molecule has 5 heteroatoms. The van der Waals surface area contributed by atoms with Gasteiger partial charge in [-0.2, -0.15) is 5.26 Å². The molecule has 0 saturated carbocycles. The average molecular weight is 377 g/mol. The second-order valence-electron chi connectivity index (χ2n) is 8.30. The zero-order valence-corrected chi connectivity index (χ0v) is 17.0. The quantitative estimate of drug-likeness (QED) is 0.851. The molecule has 2 N–H and O–H groups in total. The molecule has 5 nitrogen and oxygen atoms in total. The second-order valence-corrected chi connectivity index (χ2v) is 8.30. The number of amides is 1. The van der Waals surface area contributed by atoms with Gasteiger partial charge in [-0.25, -0.2) is 0 Å². The van der Waals surface area contributed by atoms with Crippen molar-refractivity contribution in [3.63, 3.8) is 0 Å². The van der Waals surface area contributed by atoms with Gasteiger partial charge in [-0.3, -0.25) is 9.59 Å². The molecule has 1 heterocycles. The van der Waals surface area contributed by atoms with Crippen molar-refractivity contribution in [2.24, 2.45) is 0 Å². The molecule has 1 aliphatic carbocycles. The lowest BCUT2D eigenvalue weighted by Gasteiger charge is -2.37. The summed E-state index contributed by atoms with van der Waals surface area (Å²) in [5, 5.41) is 12.4. The number of aromatic nitrogens is 1.